The van der Waals surface area contributed by atoms with E-state index >= 15 is 0 Å². The standard InChI is InChI=1S/C42H76N2O14/c1-15-31(42(10)39(49)58-42)55-37(48)28(6)34(56-32-21-41(9,51-14)36(29(7)54-32)52-18-16-17-45)27(5)35(40(8,50)20-24(2)22-44(13)25(3)23-46)57-38-33(47)30(43(11)12)19-26(4)53-38/h23-36,38,45,47,50H,15-22H2,1-14H3/t24-,25-,26-,27+,28-,29+,30+,31-,32+,33-,34+,35-,36+,38+,40-,41-,42-/m1/s1. The molecule has 58 heavy (non-hydrogen) atoms. The molecule has 0 bridgehead atoms. The van der Waals surface area contributed by atoms with Crippen molar-refractivity contribution in [2.24, 2.45) is 17.8 Å². The number of carbonyl (C=O) groups excluding carboxylic acids is 3. The fraction of sp³-hybridized carbons (Fsp3) is 0.929. The predicted octanol–water partition coefficient (Wildman–Crippen LogP) is 2.70. The quantitative estimate of drug-likeness (QED) is 0.0556. The lowest BCUT2D eigenvalue weighted by atomic mass is 9.77. The van der Waals surface area contributed by atoms with Crippen molar-refractivity contribution in [2.75, 3.05) is 48.0 Å². The van der Waals surface area contributed by atoms with E-state index in [0.29, 0.717) is 32.4 Å². The Morgan fingerprint density at radius 3 is 2.28 bits per heavy atom. The second-order valence-electron chi connectivity index (χ2n) is 18.1. The van der Waals surface area contributed by atoms with Crippen molar-refractivity contribution in [3.8, 4) is 0 Å². The molecule has 0 amide bonds. The van der Waals surface area contributed by atoms with Crippen LogP contribution >= 0.6 is 0 Å². The monoisotopic (exact) mass is 833 g/mol. The molecule has 3 saturated heterocycles. The Morgan fingerprint density at radius 1 is 1.10 bits per heavy atom. The third kappa shape index (κ3) is 12.4. The molecule has 338 valence electrons. The van der Waals surface area contributed by atoms with Gasteiger partial charge in [-0.3, -0.25) is 9.69 Å². The van der Waals surface area contributed by atoms with Crippen molar-refractivity contribution >= 4 is 18.2 Å². The highest BCUT2D eigenvalue weighted by atomic mass is 16.7. The highest BCUT2D eigenvalue weighted by Gasteiger charge is 2.61. The predicted molar refractivity (Wildman–Crippen MR) is 214 cm³/mol. The Kier molecular flexibility index (Phi) is 18.6. The van der Waals surface area contributed by atoms with Crippen molar-refractivity contribution in [1.82, 2.24) is 9.80 Å². The van der Waals surface area contributed by atoms with Crippen LogP contribution in [0.5, 0.6) is 0 Å². The number of ether oxygens (including phenoxy) is 8. The number of nitrogens with zero attached hydrogens (tertiary/aromatic N) is 2. The number of esters is 1. The van der Waals surface area contributed by atoms with Crippen LogP contribution in [0.1, 0.15) is 101 Å². The van der Waals surface area contributed by atoms with E-state index in [1.165, 1.54) is 0 Å². The normalized spacial score (nSPS) is 34.9. The maximum absolute atomic E-state index is 14.2. The van der Waals surface area contributed by atoms with Gasteiger partial charge in [0, 0.05) is 45.2 Å². The van der Waals surface area contributed by atoms with Crippen molar-refractivity contribution in [2.45, 2.75) is 186 Å². The summed E-state index contributed by atoms with van der Waals surface area (Å²) in [6.45, 7) is 18.7. The molecule has 0 saturated carbocycles. The van der Waals surface area contributed by atoms with Gasteiger partial charge in [0.15, 0.2) is 18.7 Å². The molecule has 16 nitrogen and oxygen atoms in total. The van der Waals surface area contributed by atoms with Gasteiger partial charge in [0.05, 0.1) is 47.6 Å². The molecule has 3 aliphatic heterocycles. The molecular weight excluding hydrogens is 756 g/mol. The zero-order chi connectivity index (χ0) is 43.9. The molecule has 0 radical (unpaired) electrons. The van der Waals surface area contributed by atoms with Crippen LogP contribution in [0, 0.1) is 17.8 Å². The van der Waals surface area contributed by atoms with Gasteiger partial charge in [-0.15, -0.1) is 0 Å². The van der Waals surface area contributed by atoms with Gasteiger partial charge in [-0.25, -0.2) is 4.79 Å². The van der Waals surface area contributed by atoms with Crippen molar-refractivity contribution in [3.63, 3.8) is 0 Å². The minimum absolute atomic E-state index is 0.0265. The third-order valence-electron chi connectivity index (χ3n) is 12.5. The molecule has 0 unspecified atom stereocenters. The second-order valence-corrected chi connectivity index (χ2v) is 18.1. The van der Waals surface area contributed by atoms with Gasteiger partial charge in [0.1, 0.15) is 18.5 Å². The smallest absolute Gasteiger partial charge is 0.355 e. The molecule has 3 N–H and O–H groups in total. The lowest BCUT2D eigenvalue weighted by Gasteiger charge is -2.49. The molecule has 0 spiro atoms. The summed E-state index contributed by atoms with van der Waals surface area (Å²) >= 11 is 0. The Balaban J connectivity index is 2.08. The van der Waals surface area contributed by atoms with E-state index in [1.807, 2.05) is 65.6 Å². The van der Waals surface area contributed by atoms with E-state index in [9.17, 15) is 29.7 Å². The largest absolute Gasteiger partial charge is 0.457 e. The van der Waals surface area contributed by atoms with E-state index in [-0.39, 0.29) is 43.6 Å². The van der Waals surface area contributed by atoms with Crippen molar-refractivity contribution < 1.29 is 67.6 Å². The number of hydrogen-bond donors (Lipinski definition) is 3. The summed E-state index contributed by atoms with van der Waals surface area (Å²) in [4.78, 5) is 41.8. The molecule has 3 aliphatic rings. The SMILES string of the molecule is CC[C@@H](OC(=O)[C@H](C)[C@@H](O[C@H]1C[C@@](C)(OC)[C@@H](OCCCO)[C@H](C)O1)[C@H](C)[C@@H](O[C@@H]1O[C@H](C)C[C@H](N(C)C)[C@H]1O)[C@](C)(O)C[C@@H](C)CN(C)[C@H](C)C=O)[C@@]1(C)OC1=O. The van der Waals surface area contributed by atoms with E-state index in [1.54, 1.807) is 41.7 Å². The van der Waals surface area contributed by atoms with Crippen LogP contribution in [0.25, 0.3) is 0 Å². The zero-order valence-electron chi connectivity index (χ0n) is 37.5. The molecule has 0 aromatic carbocycles. The van der Waals surface area contributed by atoms with Crippen molar-refractivity contribution in [3.05, 3.63) is 0 Å². The summed E-state index contributed by atoms with van der Waals surface area (Å²) < 4.78 is 49.7. The number of aliphatic hydroxyl groups is 3. The lowest BCUT2D eigenvalue weighted by molar-refractivity contribution is -0.320. The van der Waals surface area contributed by atoms with Crippen LogP contribution < -0.4 is 0 Å². The number of methoxy groups -OCH3 is 1. The molecule has 17 atom stereocenters. The van der Waals surface area contributed by atoms with Crippen LogP contribution in [0.3, 0.4) is 0 Å². The van der Waals surface area contributed by atoms with Crippen LogP contribution in [-0.2, 0) is 52.3 Å². The third-order valence-corrected chi connectivity index (χ3v) is 12.5. The second kappa shape index (κ2) is 21.3. The number of hydrogen-bond acceptors (Lipinski definition) is 16. The van der Waals surface area contributed by atoms with Gasteiger partial charge in [-0.1, -0.05) is 20.8 Å². The maximum atomic E-state index is 14.2. The Bertz CT molecular complexity index is 1320. The van der Waals surface area contributed by atoms with Gasteiger partial charge in [-0.2, -0.15) is 0 Å². The van der Waals surface area contributed by atoms with E-state index in [0.717, 1.165) is 6.29 Å². The minimum atomic E-state index is -1.60. The first-order valence-corrected chi connectivity index (χ1v) is 21.1. The molecule has 3 fully saturated rings. The number of likely N-dealkylation sites (N-methyl/N-ethyl adjacent to an activating group) is 2. The Morgan fingerprint density at radius 2 is 1.74 bits per heavy atom. The number of epoxide rings is 1. The summed E-state index contributed by atoms with van der Waals surface area (Å²) in [6, 6.07) is -0.636. The molecule has 0 aromatic rings. The van der Waals surface area contributed by atoms with Crippen molar-refractivity contribution in [1.29, 1.82) is 0 Å². The Labute approximate surface area is 346 Å². The summed E-state index contributed by atoms with van der Waals surface area (Å²) in [6.07, 6.45) is -4.84. The molecule has 0 aliphatic carbocycles. The fourth-order valence-electron chi connectivity index (χ4n) is 8.83. The molecule has 16 heteroatoms. The highest BCUT2D eigenvalue weighted by molar-refractivity contribution is 5.93. The van der Waals surface area contributed by atoms with E-state index in [4.69, 9.17) is 37.9 Å². The fourth-order valence-corrected chi connectivity index (χ4v) is 8.83. The summed E-state index contributed by atoms with van der Waals surface area (Å²) in [5.41, 5.74) is -3.74. The van der Waals surface area contributed by atoms with Crippen LogP contribution in [-0.4, -0.2) is 176 Å². The summed E-state index contributed by atoms with van der Waals surface area (Å²) in [5.74, 6) is -3.03. The van der Waals surface area contributed by atoms with Crippen LogP contribution in [0.4, 0.5) is 0 Å². The van der Waals surface area contributed by atoms with Gasteiger partial charge < -0.3 is 62.9 Å². The topological polar surface area (TPSA) is 196 Å². The van der Waals surface area contributed by atoms with Crippen LogP contribution in [0.15, 0.2) is 0 Å². The molecule has 3 heterocycles. The molecule has 3 rings (SSSR count). The summed E-state index contributed by atoms with van der Waals surface area (Å²) in [7, 11) is 7.18. The van der Waals surface area contributed by atoms with Gasteiger partial charge >= 0.3 is 11.9 Å². The van der Waals surface area contributed by atoms with E-state index in [2.05, 4.69) is 0 Å². The van der Waals surface area contributed by atoms with E-state index < -0.39 is 89.8 Å². The first kappa shape index (κ1) is 50.5. The maximum Gasteiger partial charge on any atom is 0.355 e. The zero-order valence-corrected chi connectivity index (χ0v) is 37.5. The molecule has 0 aromatic heterocycles. The number of rotatable bonds is 24. The van der Waals surface area contributed by atoms with Gasteiger partial charge in [0.2, 0.25) is 5.60 Å². The van der Waals surface area contributed by atoms with Crippen LogP contribution in [0.2, 0.25) is 0 Å². The first-order valence-electron chi connectivity index (χ1n) is 21.1. The summed E-state index contributed by atoms with van der Waals surface area (Å²) in [5, 5.41) is 33.6. The van der Waals surface area contributed by atoms with Gasteiger partial charge in [0.25, 0.3) is 0 Å². The number of carbonyl (C=O) groups is 3. The molecular formula is C42H76N2O14. The first-order chi connectivity index (χ1) is 27.0. The lowest BCUT2D eigenvalue weighted by Crippen LogP contribution is -2.61. The average molecular weight is 833 g/mol. The number of aldehydes is 1. The average Bonchev–Trinajstić information content (AvgIpc) is 3.78. The number of cyclic esters (lactones) is 1. The highest BCUT2D eigenvalue weighted by Crippen LogP contribution is 2.41. The number of aliphatic hydroxyl groups excluding tert-OH is 2. The minimum Gasteiger partial charge on any atom is -0.457 e. The van der Waals surface area contributed by atoms with Gasteiger partial charge in [-0.05, 0) is 101 Å². The Hall–Kier alpha value is -1.83.